The highest BCUT2D eigenvalue weighted by Gasteiger charge is 2.39. The van der Waals surface area contributed by atoms with Crippen LogP contribution in [0, 0.1) is 0 Å². The van der Waals surface area contributed by atoms with Crippen molar-refractivity contribution in [1.82, 2.24) is 34.3 Å². The van der Waals surface area contributed by atoms with Crippen LogP contribution in [0.2, 0.25) is 0 Å². The largest absolute Gasteiger partial charge is 0.435 e. The van der Waals surface area contributed by atoms with E-state index in [0.717, 1.165) is 42.6 Å². The molecular weight excluding hydrogens is 427 g/mol. The number of nitrogens with zero attached hydrogens (tertiary/aromatic N) is 7. The molecule has 31 heavy (non-hydrogen) atoms. The lowest BCUT2D eigenvalue weighted by Gasteiger charge is -2.21. The summed E-state index contributed by atoms with van der Waals surface area (Å²) in [5.74, 6) is 0.568. The number of aromatic nitrogens is 6. The van der Waals surface area contributed by atoms with Crippen LogP contribution in [0.1, 0.15) is 59.4 Å². The molecule has 4 aromatic heterocycles. The van der Waals surface area contributed by atoms with Crippen molar-refractivity contribution in [2.45, 2.75) is 50.9 Å². The van der Waals surface area contributed by atoms with Crippen molar-refractivity contribution in [1.29, 1.82) is 0 Å². The summed E-state index contributed by atoms with van der Waals surface area (Å²) in [7, 11) is 2.10. The monoisotopic (exact) mass is 447 g/mol. The van der Waals surface area contributed by atoms with Gasteiger partial charge in [-0.3, -0.25) is 4.68 Å². The van der Waals surface area contributed by atoms with E-state index in [4.69, 9.17) is 4.98 Å². The molecule has 1 fully saturated rings. The molecule has 0 saturated heterocycles. The lowest BCUT2D eigenvalue weighted by atomic mass is 10.1. The standard InChI is InChI=1S/C20H20F3N7S/c1-10(30-13(11-3-4-11)7-15(26-30)20(21,22)23)17-25-18-16-12-5-6-28(2)8-14(12)31-19(16)24-9-29(18)27-17/h7,9-11H,3-6,8H2,1-2H3. The van der Waals surface area contributed by atoms with Crippen molar-refractivity contribution >= 4 is 27.2 Å². The van der Waals surface area contributed by atoms with E-state index in [1.165, 1.54) is 21.2 Å². The Balaban J connectivity index is 1.47. The third-order valence-corrected chi connectivity index (χ3v) is 7.30. The number of fused-ring (bicyclic) bond motifs is 5. The lowest BCUT2D eigenvalue weighted by Crippen LogP contribution is -2.25. The molecule has 0 N–H and O–H groups in total. The lowest BCUT2D eigenvalue weighted by molar-refractivity contribution is -0.141. The first-order chi connectivity index (χ1) is 14.8. The van der Waals surface area contributed by atoms with Crippen LogP contribution in [-0.2, 0) is 19.1 Å². The van der Waals surface area contributed by atoms with Crippen LogP contribution >= 0.6 is 11.3 Å². The molecule has 1 aliphatic heterocycles. The minimum atomic E-state index is -4.47. The maximum atomic E-state index is 13.3. The van der Waals surface area contributed by atoms with E-state index in [1.807, 2.05) is 0 Å². The van der Waals surface area contributed by atoms with Gasteiger partial charge in [0.2, 0.25) is 0 Å². The fraction of sp³-hybridized carbons (Fsp3) is 0.500. The van der Waals surface area contributed by atoms with E-state index in [0.29, 0.717) is 17.2 Å². The molecule has 0 bridgehead atoms. The van der Waals surface area contributed by atoms with Crippen LogP contribution < -0.4 is 0 Å². The summed E-state index contributed by atoms with van der Waals surface area (Å²) in [6.07, 6.45) is -0.147. The van der Waals surface area contributed by atoms with Crippen LogP contribution in [0.25, 0.3) is 15.9 Å². The Hall–Kier alpha value is -2.53. The predicted molar refractivity (Wildman–Crippen MR) is 109 cm³/mol. The average molecular weight is 447 g/mol. The Morgan fingerprint density at radius 3 is 2.77 bits per heavy atom. The number of halogens is 3. The summed E-state index contributed by atoms with van der Waals surface area (Å²) in [5.41, 5.74) is 1.73. The van der Waals surface area contributed by atoms with Crippen LogP contribution in [0.15, 0.2) is 12.4 Å². The molecule has 5 heterocycles. The molecule has 1 atom stereocenters. The van der Waals surface area contributed by atoms with Crippen LogP contribution in [0.3, 0.4) is 0 Å². The van der Waals surface area contributed by atoms with Crippen molar-refractivity contribution in [3.8, 4) is 0 Å². The molecule has 4 aromatic rings. The summed E-state index contributed by atoms with van der Waals surface area (Å²) < 4.78 is 43.0. The second-order valence-electron chi connectivity index (χ2n) is 8.50. The molecule has 0 radical (unpaired) electrons. The third kappa shape index (κ3) is 3.05. The molecular formula is C20H20F3N7S. The summed E-state index contributed by atoms with van der Waals surface area (Å²) in [6, 6.07) is 0.664. The van der Waals surface area contributed by atoms with Gasteiger partial charge < -0.3 is 4.90 Å². The summed E-state index contributed by atoms with van der Waals surface area (Å²) in [6.45, 7) is 3.66. The first kappa shape index (κ1) is 19.2. The van der Waals surface area contributed by atoms with Crippen molar-refractivity contribution in [3.63, 3.8) is 0 Å². The Kier molecular flexibility index (Phi) is 4.01. The van der Waals surface area contributed by atoms with Crippen LogP contribution in [0.4, 0.5) is 13.2 Å². The molecule has 0 spiro atoms. The number of likely N-dealkylation sites (N-methyl/N-ethyl adjacent to an activating group) is 1. The van der Waals surface area contributed by atoms with Gasteiger partial charge in [0, 0.05) is 29.6 Å². The number of thiophene rings is 1. The zero-order valence-electron chi connectivity index (χ0n) is 17.0. The molecule has 0 aromatic carbocycles. The molecule has 0 amide bonds. The smallest absolute Gasteiger partial charge is 0.301 e. The molecule has 162 valence electrons. The molecule has 11 heteroatoms. The SMILES string of the molecule is CC(c1nc2c3c4c(sc3ncn2n1)CN(C)CC4)n1nc(C(F)(F)F)cc1C1CC1. The van der Waals surface area contributed by atoms with Gasteiger partial charge in [0.05, 0.1) is 5.39 Å². The van der Waals surface area contributed by atoms with E-state index < -0.39 is 17.9 Å². The highest BCUT2D eigenvalue weighted by molar-refractivity contribution is 7.19. The van der Waals surface area contributed by atoms with Gasteiger partial charge >= 0.3 is 6.18 Å². The fourth-order valence-corrected chi connectivity index (χ4v) is 5.63. The van der Waals surface area contributed by atoms with Crippen molar-refractivity contribution < 1.29 is 13.2 Å². The van der Waals surface area contributed by atoms with E-state index >= 15 is 0 Å². The van der Waals surface area contributed by atoms with E-state index in [1.54, 1.807) is 29.1 Å². The zero-order chi connectivity index (χ0) is 21.5. The minimum Gasteiger partial charge on any atom is -0.301 e. The second kappa shape index (κ2) is 6.49. The highest BCUT2D eigenvalue weighted by Crippen LogP contribution is 2.43. The van der Waals surface area contributed by atoms with E-state index in [9.17, 15) is 13.2 Å². The molecule has 1 unspecified atom stereocenters. The Morgan fingerprint density at radius 1 is 1.23 bits per heavy atom. The van der Waals surface area contributed by atoms with Gasteiger partial charge in [0.25, 0.3) is 0 Å². The Labute approximate surface area is 179 Å². The quantitative estimate of drug-likeness (QED) is 0.475. The summed E-state index contributed by atoms with van der Waals surface area (Å²) in [5, 5.41) is 9.49. The van der Waals surface area contributed by atoms with Gasteiger partial charge in [-0.25, -0.2) is 14.5 Å². The Morgan fingerprint density at radius 2 is 2.03 bits per heavy atom. The zero-order valence-corrected chi connectivity index (χ0v) is 17.8. The normalized spacial score (nSPS) is 18.7. The first-order valence-electron chi connectivity index (χ1n) is 10.3. The summed E-state index contributed by atoms with van der Waals surface area (Å²) >= 11 is 1.68. The highest BCUT2D eigenvalue weighted by atomic mass is 32.1. The summed E-state index contributed by atoms with van der Waals surface area (Å²) in [4.78, 5) is 13.8. The van der Waals surface area contributed by atoms with Gasteiger partial charge in [-0.05, 0) is 44.9 Å². The number of alkyl halides is 3. The maximum Gasteiger partial charge on any atom is 0.435 e. The fourth-order valence-electron chi connectivity index (χ4n) is 4.36. The first-order valence-corrected chi connectivity index (χ1v) is 11.1. The van der Waals surface area contributed by atoms with Gasteiger partial charge in [0.1, 0.15) is 17.2 Å². The number of rotatable bonds is 3. The molecule has 6 rings (SSSR count). The van der Waals surface area contributed by atoms with Gasteiger partial charge in [-0.1, -0.05) is 0 Å². The number of hydrogen-bond acceptors (Lipinski definition) is 6. The predicted octanol–water partition coefficient (Wildman–Crippen LogP) is 4.03. The van der Waals surface area contributed by atoms with Crippen molar-refractivity contribution in [3.05, 3.63) is 40.0 Å². The van der Waals surface area contributed by atoms with Crippen LogP contribution in [-0.4, -0.2) is 47.9 Å². The van der Waals surface area contributed by atoms with E-state index in [2.05, 4.69) is 27.1 Å². The molecule has 1 aliphatic carbocycles. The van der Waals surface area contributed by atoms with E-state index in [-0.39, 0.29) is 5.92 Å². The minimum absolute atomic E-state index is 0.123. The third-order valence-electron chi connectivity index (χ3n) is 6.18. The van der Waals surface area contributed by atoms with Gasteiger partial charge in [-0.15, -0.1) is 16.4 Å². The second-order valence-corrected chi connectivity index (χ2v) is 9.59. The van der Waals surface area contributed by atoms with Gasteiger partial charge in [0.15, 0.2) is 17.2 Å². The van der Waals surface area contributed by atoms with Gasteiger partial charge in [-0.2, -0.15) is 18.3 Å². The average Bonchev–Trinajstić information content (AvgIpc) is 3.16. The topological polar surface area (TPSA) is 64.1 Å². The van der Waals surface area contributed by atoms with Crippen molar-refractivity contribution in [2.75, 3.05) is 13.6 Å². The number of hydrogen-bond donors (Lipinski definition) is 0. The Bertz CT molecular complexity index is 1310. The molecule has 7 nitrogen and oxygen atoms in total. The maximum absolute atomic E-state index is 13.3. The molecule has 2 aliphatic rings. The molecule has 1 saturated carbocycles. The van der Waals surface area contributed by atoms with Crippen LogP contribution in [0.5, 0.6) is 0 Å². The van der Waals surface area contributed by atoms with Crippen molar-refractivity contribution in [2.24, 2.45) is 0 Å².